The van der Waals surface area contributed by atoms with Crippen LogP contribution in [0, 0.1) is 23.3 Å². The lowest BCUT2D eigenvalue weighted by Gasteiger charge is -2.38. The molecule has 4 aromatic carbocycles. The van der Waals surface area contributed by atoms with Gasteiger partial charge in [-0.15, -0.1) is 0 Å². The molecule has 2 saturated heterocycles. The molecule has 2 aliphatic heterocycles. The molecule has 1 unspecified atom stereocenters. The molecule has 2 fully saturated rings. The van der Waals surface area contributed by atoms with Crippen LogP contribution in [0.1, 0.15) is 73.0 Å². The van der Waals surface area contributed by atoms with Gasteiger partial charge in [-0.2, -0.15) is 0 Å². The molecule has 0 saturated carbocycles. The highest BCUT2D eigenvalue weighted by Gasteiger charge is 2.43. The summed E-state index contributed by atoms with van der Waals surface area (Å²) in [6.07, 6.45) is 3.73. The number of sulfonamides is 1. The number of nitrogens with one attached hydrogen (secondary N) is 5. The Bertz CT molecular complexity index is 3190. The summed E-state index contributed by atoms with van der Waals surface area (Å²) in [7, 11) is -4.35. The van der Waals surface area contributed by atoms with E-state index in [4.69, 9.17) is 86.3 Å². The smallest absolute Gasteiger partial charge is 0.314 e. The number of unbranched alkanes of at least 4 members (excludes halogenated alkanes) is 1. The molecule has 2 aliphatic carbocycles. The van der Waals surface area contributed by atoms with E-state index in [1.807, 2.05) is 0 Å². The Hall–Kier alpha value is -4.60. The number of carbonyl (C=O) groups excluding carboxylic acids is 2. The normalized spacial score (nSPS) is 20.5. The van der Waals surface area contributed by atoms with Crippen LogP contribution >= 0.6 is 46.4 Å². The Morgan fingerprint density at radius 2 is 1.01 bits per heavy atom. The van der Waals surface area contributed by atoms with Gasteiger partial charge in [-0.3, -0.25) is 14.0 Å². The van der Waals surface area contributed by atoms with Crippen molar-refractivity contribution in [1.82, 2.24) is 35.8 Å². The average molecular weight is 1390 g/mol. The van der Waals surface area contributed by atoms with Crippen molar-refractivity contribution in [2.45, 2.75) is 92.6 Å². The summed E-state index contributed by atoms with van der Waals surface area (Å²) in [4.78, 5) is 28.0. The first-order valence-electron chi connectivity index (χ1n) is 29.6. The molecule has 4 aliphatic rings. The number of piperidine rings is 2. The third-order valence-corrected chi connectivity index (χ3v) is 18.9. The number of nitrogens with zero attached hydrogens (tertiary/aromatic N) is 3. The number of fused-ring (bicyclic) bond motifs is 2. The van der Waals surface area contributed by atoms with Gasteiger partial charge in [0, 0.05) is 113 Å². The van der Waals surface area contributed by atoms with Crippen LogP contribution in [0.4, 0.5) is 32.8 Å². The van der Waals surface area contributed by atoms with Gasteiger partial charge in [-0.25, -0.2) is 40.3 Å². The van der Waals surface area contributed by atoms with E-state index < -0.39 is 85.2 Å². The molecule has 4 aromatic rings. The van der Waals surface area contributed by atoms with Crippen molar-refractivity contribution in [2.24, 2.45) is 11.5 Å². The van der Waals surface area contributed by atoms with Crippen molar-refractivity contribution < 1.29 is 72.8 Å². The topological polar surface area (TPSA) is 286 Å². The van der Waals surface area contributed by atoms with Crippen molar-refractivity contribution in [2.75, 3.05) is 123 Å². The van der Waals surface area contributed by atoms with E-state index in [1.54, 1.807) is 24.3 Å². The number of ether oxygens (including phenoxy) is 6. The maximum atomic E-state index is 15.7. The zero-order valence-corrected chi connectivity index (χ0v) is 53.9. The fourth-order valence-electron chi connectivity index (χ4n) is 11.4. The summed E-state index contributed by atoms with van der Waals surface area (Å²) in [6, 6.07) is 8.03. The van der Waals surface area contributed by atoms with E-state index >= 15 is 17.6 Å². The van der Waals surface area contributed by atoms with Gasteiger partial charge in [-0.05, 0) is 112 Å². The Labute approximate surface area is 543 Å². The Morgan fingerprint density at radius 3 is 1.44 bits per heavy atom. The van der Waals surface area contributed by atoms with E-state index in [0.717, 1.165) is 53.2 Å². The van der Waals surface area contributed by atoms with E-state index in [-0.39, 0.29) is 109 Å². The molecule has 2 heterocycles. The van der Waals surface area contributed by atoms with Gasteiger partial charge in [0.2, 0.25) is 10.0 Å². The maximum absolute atomic E-state index is 15.7. The van der Waals surface area contributed by atoms with Gasteiger partial charge < -0.3 is 70.0 Å². The lowest BCUT2D eigenvalue weighted by molar-refractivity contribution is 0.0516. The molecule has 0 bridgehead atoms. The highest BCUT2D eigenvalue weighted by atomic mass is 35.5. The fraction of sp³-hybridized carbons (Fsp3) is 0.552. The molecule has 32 heteroatoms. The lowest BCUT2D eigenvalue weighted by atomic mass is 10.0. The van der Waals surface area contributed by atoms with Gasteiger partial charge in [0.25, 0.3) is 0 Å². The summed E-state index contributed by atoms with van der Waals surface area (Å²) in [5.41, 5.74) is 15.0. The number of rotatable bonds is 33. The lowest BCUT2D eigenvalue weighted by Crippen LogP contribution is -2.49. The summed E-state index contributed by atoms with van der Waals surface area (Å²) >= 11 is 22.8. The average Bonchev–Trinajstić information content (AvgIpc) is 1.69. The summed E-state index contributed by atoms with van der Waals surface area (Å²) in [5, 5.41) is 12.2. The molecule has 0 aromatic heterocycles. The SMILES string of the molecule is N[C@@H]1CCCN([C@H]2Cc3c(Cl)cc(Cl)cc3[C@@H]2Oc2c(F)cc(N(CCOCCOCCNC(=O)NCCCCNC(=O)NCCOCCOCCNS(=O)(=O)c3cc(F)c(O[C@H]4c5cc(Cl)cc(Cl)c5C[C@@H]4N4CCC[C@@H](N)C4)c(F)c3)S(=O)[O-])cc2F)C1. The van der Waals surface area contributed by atoms with E-state index in [2.05, 4.69) is 35.8 Å². The van der Waals surface area contributed by atoms with Crippen LogP contribution in [0.5, 0.6) is 11.5 Å². The van der Waals surface area contributed by atoms with Crippen molar-refractivity contribution in [3.05, 3.63) is 114 Å². The Morgan fingerprint density at radius 1 is 0.600 bits per heavy atom. The second-order valence-corrected chi connectivity index (χ2v) is 26.3. The molecule has 8 rings (SSSR count). The minimum Gasteiger partial charge on any atom is -0.755 e. The second-order valence-electron chi connectivity index (χ2n) is 22.0. The molecule has 7 atom stereocenters. The molecule has 90 heavy (non-hydrogen) atoms. The summed E-state index contributed by atoms with van der Waals surface area (Å²) < 4.78 is 150. The quantitative estimate of drug-likeness (QED) is 0.0146. The number of nitrogens with two attached hydrogens (primary N) is 2. The first kappa shape index (κ1) is 71.3. The van der Waals surface area contributed by atoms with Gasteiger partial charge in [0.15, 0.2) is 34.8 Å². The van der Waals surface area contributed by atoms with Crippen LogP contribution in [0.2, 0.25) is 20.1 Å². The van der Waals surface area contributed by atoms with Crippen LogP contribution in [0.25, 0.3) is 0 Å². The number of hydrogen-bond acceptors (Lipinski definition) is 16. The highest BCUT2D eigenvalue weighted by Crippen LogP contribution is 2.46. The second kappa shape index (κ2) is 34.5. The number of anilines is 1. The number of halogens is 8. The minimum absolute atomic E-state index is 0.0628. The summed E-state index contributed by atoms with van der Waals surface area (Å²) in [5.74, 6) is -6.02. The monoisotopic (exact) mass is 1380 g/mol. The zero-order valence-electron chi connectivity index (χ0n) is 49.2. The molecule has 4 amide bonds. The number of urea groups is 2. The maximum Gasteiger partial charge on any atom is 0.314 e. The third kappa shape index (κ3) is 20.0. The van der Waals surface area contributed by atoms with Crippen LogP contribution in [-0.4, -0.2) is 182 Å². The van der Waals surface area contributed by atoms with E-state index in [0.29, 0.717) is 108 Å². The van der Waals surface area contributed by atoms with Gasteiger partial charge >= 0.3 is 12.1 Å². The number of likely N-dealkylation sites (tertiary alicyclic amines) is 2. The van der Waals surface area contributed by atoms with Gasteiger partial charge in [0.05, 0.1) is 82.1 Å². The predicted molar refractivity (Wildman–Crippen MR) is 332 cm³/mol. The molecule has 0 radical (unpaired) electrons. The number of benzene rings is 4. The van der Waals surface area contributed by atoms with Gasteiger partial charge in [0.1, 0.15) is 12.2 Å². The van der Waals surface area contributed by atoms with Crippen molar-refractivity contribution in [3.8, 4) is 11.5 Å². The van der Waals surface area contributed by atoms with Crippen molar-refractivity contribution in [3.63, 3.8) is 0 Å². The van der Waals surface area contributed by atoms with Crippen LogP contribution in [0.3, 0.4) is 0 Å². The number of amides is 4. The molecular weight excluding hydrogens is 1310 g/mol. The number of carbonyl (C=O) groups is 2. The van der Waals surface area contributed by atoms with Crippen LogP contribution in [0.15, 0.2) is 53.4 Å². The first-order valence-corrected chi connectivity index (χ1v) is 33.7. The molecular formula is C58H75Cl4F4N10O12S2-. The molecule has 0 spiro atoms. The molecule has 498 valence electrons. The van der Waals surface area contributed by atoms with Gasteiger partial charge in [-0.1, -0.05) is 46.4 Å². The summed E-state index contributed by atoms with van der Waals surface area (Å²) in [6.45, 7) is 3.64. The highest BCUT2D eigenvalue weighted by molar-refractivity contribution is 7.89. The van der Waals surface area contributed by atoms with Crippen LogP contribution < -0.4 is 51.2 Å². The third-order valence-electron chi connectivity index (χ3n) is 15.6. The standard InChI is InChI=1S/C58H76Cl4F4N10O12S2/c59-35-23-43-41(45(61)25-35)31-51(74-12-3-5-37(67)33-74)53(43)87-55-47(63)27-39(28-48(55)64)76(89(79)80)14-18-86-22-21-84-16-10-72-58(78)70-8-2-1-7-69-57(77)71-9-15-83-19-20-85-17-11-73-90(81,82)40-29-49(65)56(50(66)30-40)88-54-44-24-36(60)26-46(62)42(44)32-52(54)75-13-4-6-38(68)34-75/h23-30,37-38,51-54,73H,1-22,31-34,67-68H2,(H,79,80)(H2,69,71,77)(H2,70,72,78)/p-1/t37-,38-,51+,52+,53+,54+/m1/s1. The van der Waals surface area contributed by atoms with E-state index in [1.165, 1.54) is 0 Å². The molecule has 22 nitrogen and oxygen atoms in total. The largest absolute Gasteiger partial charge is 0.755 e. The van der Waals surface area contributed by atoms with E-state index in [9.17, 15) is 26.8 Å². The fourth-order valence-corrected chi connectivity index (χ4v) is 14.1. The zero-order chi connectivity index (χ0) is 64.5. The minimum atomic E-state index is -4.35. The first-order chi connectivity index (χ1) is 43.2. The predicted octanol–water partition coefficient (Wildman–Crippen LogP) is 6.82. The van der Waals surface area contributed by atoms with Crippen molar-refractivity contribution >= 4 is 85.4 Å². The number of hydrogen-bond donors (Lipinski definition) is 7. The molecule has 9 N–H and O–H groups in total. The van der Waals surface area contributed by atoms with Crippen LogP contribution in [-0.2, 0) is 53.1 Å². The Balaban J connectivity index is 0.614. The van der Waals surface area contributed by atoms with Crippen molar-refractivity contribution in [1.29, 1.82) is 0 Å². The Kier molecular flexibility index (Phi) is 27.3.